The van der Waals surface area contributed by atoms with Crippen molar-refractivity contribution in [3.8, 4) is 0 Å². The van der Waals surface area contributed by atoms with Crippen molar-refractivity contribution in [2.75, 3.05) is 5.32 Å². The first-order chi connectivity index (χ1) is 7.30. The van der Waals surface area contributed by atoms with E-state index in [4.69, 9.17) is 5.14 Å². The predicted molar refractivity (Wildman–Crippen MR) is 56.7 cm³/mol. The maximum atomic E-state index is 12.3. The van der Waals surface area contributed by atoms with Crippen LogP contribution in [0.2, 0.25) is 0 Å². The number of carbonyl (C=O) groups excluding carboxylic acids is 1. The number of anilines is 1. The van der Waals surface area contributed by atoms with Crippen LogP contribution >= 0.6 is 0 Å². The molecule has 0 aliphatic carbocycles. The Morgan fingerprint density at radius 1 is 1.31 bits per heavy atom. The number of hydrogen-bond donors (Lipinski definition) is 2. The smallest absolute Gasteiger partial charge is 0.283 e. The number of hydrogen-bond acceptors (Lipinski definition) is 3. The fraction of sp³-hybridized carbons (Fsp3) is 0. The number of nitrogens with one attached hydrogen (secondary N) is 1. The van der Waals surface area contributed by atoms with E-state index in [2.05, 4.69) is 11.9 Å². The zero-order chi connectivity index (χ0) is 12.3. The zero-order valence-corrected chi connectivity index (χ0v) is 8.92. The number of halogens is 1. The molecule has 3 N–H and O–H groups in total. The predicted octanol–water partition coefficient (Wildman–Crippen LogP) is 0.756. The van der Waals surface area contributed by atoms with Crippen molar-refractivity contribution in [3.63, 3.8) is 0 Å². The van der Waals surface area contributed by atoms with Gasteiger partial charge in [0.15, 0.2) is 5.83 Å². The summed E-state index contributed by atoms with van der Waals surface area (Å²) < 4.78 is 34.1. The zero-order valence-electron chi connectivity index (χ0n) is 8.10. The van der Waals surface area contributed by atoms with Gasteiger partial charge in [0.25, 0.3) is 5.91 Å². The summed E-state index contributed by atoms with van der Waals surface area (Å²) in [7, 11) is -3.77. The fourth-order valence-electron chi connectivity index (χ4n) is 0.927. The van der Waals surface area contributed by atoms with Gasteiger partial charge < -0.3 is 5.32 Å². The molecule has 0 atom stereocenters. The molecule has 0 spiro atoms. The molecule has 0 radical (unpaired) electrons. The first kappa shape index (κ1) is 12.3. The van der Waals surface area contributed by atoms with Crippen LogP contribution in [0.5, 0.6) is 0 Å². The Kier molecular flexibility index (Phi) is 3.41. The van der Waals surface area contributed by atoms with Gasteiger partial charge in [0, 0.05) is 5.69 Å². The molecular weight excluding hydrogens is 235 g/mol. The highest BCUT2D eigenvalue weighted by Gasteiger charge is 2.09. The van der Waals surface area contributed by atoms with Crippen molar-refractivity contribution in [2.45, 2.75) is 4.90 Å². The average molecular weight is 244 g/mol. The monoisotopic (exact) mass is 244 g/mol. The van der Waals surface area contributed by atoms with Gasteiger partial charge in [-0.15, -0.1) is 0 Å². The molecule has 1 aromatic rings. The summed E-state index contributed by atoms with van der Waals surface area (Å²) in [5.41, 5.74) is 0.246. The van der Waals surface area contributed by atoms with Crippen LogP contribution in [-0.2, 0) is 14.8 Å². The summed E-state index contributed by atoms with van der Waals surface area (Å²) in [5.74, 6) is -2.11. The highest BCUT2D eigenvalue weighted by molar-refractivity contribution is 7.89. The molecule has 7 heteroatoms. The lowest BCUT2D eigenvalue weighted by Gasteiger charge is -2.03. The maximum Gasteiger partial charge on any atom is 0.283 e. The fourth-order valence-corrected chi connectivity index (χ4v) is 1.44. The van der Waals surface area contributed by atoms with Gasteiger partial charge in [-0.1, -0.05) is 6.58 Å². The van der Waals surface area contributed by atoms with E-state index in [0.717, 1.165) is 0 Å². The number of rotatable bonds is 3. The van der Waals surface area contributed by atoms with Crippen molar-refractivity contribution < 1.29 is 17.6 Å². The second-order valence-corrected chi connectivity index (χ2v) is 4.49. The summed E-state index contributed by atoms with van der Waals surface area (Å²) in [4.78, 5) is 10.8. The van der Waals surface area contributed by atoms with Gasteiger partial charge in [0.2, 0.25) is 10.0 Å². The Labute approximate surface area is 91.8 Å². The Balaban J connectivity index is 2.88. The van der Waals surface area contributed by atoms with Gasteiger partial charge in [-0.3, -0.25) is 4.79 Å². The molecular formula is C9H9FN2O3S. The second kappa shape index (κ2) is 4.42. The van der Waals surface area contributed by atoms with Gasteiger partial charge in [-0.05, 0) is 24.3 Å². The summed E-state index contributed by atoms with van der Waals surface area (Å²) in [6, 6.07) is 4.99. The lowest BCUT2D eigenvalue weighted by Crippen LogP contribution is -2.13. The molecule has 5 nitrogen and oxygen atoms in total. The third-order valence-corrected chi connectivity index (χ3v) is 2.62. The van der Waals surface area contributed by atoms with Gasteiger partial charge in [-0.25, -0.2) is 17.9 Å². The number of sulfonamides is 1. The minimum Gasteiger partial charge on any atom is -0.320 e. The van der Waals surface area contributed by atoms with Crippen LogP contribution < -0.4 is 10.5 Å². The van der Waals surface area contributed by atoms with E-state index < -0.39 is 21.8 Å². The van der Waals surface area contributed by atoms with E-state index in [1.807, 2.05) is 0 Å². The molecule has 0 saturated heterocycles. The SMILES string of the molecule is C=C(F)C(=O)Nc1ccc(S(N)(=O)=O)cc1. The molecule has 0 bridgehead atoms. The summed E-state index contributed by atoms with van der Waals surface area (Å²) >= 11 is 0. The van der Waals surface area contributed by atoms with Gasteiger partial charge in [0.05, 0.1) is 4.90 Å². The standard InChI is InChI=1S/C9H9FN2O3S/c1-6(10)9(13)12-7-2-4-8(5-3-7)16(11,14)15/h2-5H,1H2,(H,12,13)(H2,11,14,15). The van der Waals surface area contributed by atoms with Crippen LogP contribution in [0.3, 0.4) is 0 Å². The summed E-state index contributed by atoms with van der Waals surface area (Å²) in [6.45, 7) is 2.81. The lowest BCUT2D eigenvalue weighted by molar-refractivity contribution is -0.114. The molecule has 86 valence electrons. The Morgan fingerprint density at radius 2 is 1.81 bits per heavy atom. The Hall–Kier alpha value is -1.73. The van der Waals surface area contributed by atoms with E-state index in [9.17, 15) is 17.6 Å². The number of nitrogens with two attached hydrogens (primary N) is 1. The largest absolute Gasteiger partial charge is 0.320 e. The highest BCUT2D eigenvalue weighted by atomic mass is 32.2. The van der Waals surface area contributed by atoms with E-state index in [1.165, 1.54) is 24.3 Å². The van der Waals surface area contributed by atoms with Crippen LogP contribution in [0, 0.1) is 0 Å². The molecule has 0 heterocycles. The molecule has 1 aromatic carbocycles. The van der Waals surface area contributed by atoms with E-state index in [0.29, 0.717) is 0 Å². The number of primary sulfonamides is 1. The minimum absolute atomic E-state index is 0.0930. The molecule has 0 fully saturated rings. The Morgan fingerprint density at radius 3 is 2.19 bits per heavy atom. The summed E-state index contributed by atoms with van der Waals surface area (Å²) in [5, 5.41) is 7.04. The highest BCUT2D eigenvalue weighted by Crippen LogP contribution is 2.13. The third kappa shape index (κ3) is 3.14. The number of carbonyl (C=O) groups is 1. The van der Waals surface area contributed by atoms with E-state index >= 15 is 0 Å². The lowest BCUT2D eigenvalue weighted by atomic mass is 10.3. The van der Waals surface area contributed by atoms with Crippen LogP contribution in [0.4, 0.5) is 10.1 Å². The topological polar surface area (TPSA) is 89.3 Å². The number of benzene rings is 1. The quantitative estimate of drug-likeness (QED) is 0.769. The van der Waals surface area contributed by atoms with Crippen LogP contribution in [-0.4, -0.2) is 14.3 Å². The van der Waals surface area contributed by atoms with Gasteiger partial charge >= 0.3 is 0 Å². The average Bonchev–Trinajstić information content (AvgIpc) is 2.17. The molecule has 1 amide bonds. The van der Waals surface area contributed by atoms with Crippen LogP contribution in [0.1, 0.15) is 0 Å². The Bertz CT molecular complexity index is 522. The molecule has 0 saturated carbocycles. The van der Waals surface area contributed by atoms with Crippen molar-refractivity contribution in [1.82, 2.24) is 0 Å². The second-order valence-electron chi connectivity index (χ2n) is 2.93. The van der Waals surface area contributed by atoms with E-state index in [-0.39, 0.29) is 10.6 Å². The van der Waals surface area contributed by atoms with Crippen LogP contribution in [0.15, 0.2) is 41.6 Å². The molecule has 0 aliphatic heterocycles. The molecule has 0 aliphatic rings. The van der Waals surface area contributed by atoms with Crippen molar-refractivity contribution in [1.29, 1.82) is 0 Å². The van der Waals surface area contributed by atoms with Gasteiger partial charge in [0.1, 0.15) is 0 Å². The normalized spacial score (nSPS) is 10.9. The molecule has 0 aromatic heterocycles. The number of amides is 1. The first-order valence-electron chi connectivity index (χ1n) is 4.09. The molecule has 1 rings (SSSR count). The summed E-state index contributed by atoms with van der Waals surface area (Å²) in [6.07, 6.45) is 0. The van der Waals surface area contributed by atoms with Crippen molar-refractivity contribution in [3.05, 3.63) is 36.7 Å². The van der Waals surface area contributed by atoms with Crippen molar-refractivity contribution >= 4 is 21.6 Å². The van der Waals surface area contributed by atoms with Crippen molar-refractivity contribution in [2.24, 2.45) is 5.14 Å². The third-order valence-electron chi connectivity index (χ3n) is 1.69. The molecule has 16 heavy (non-hydrogen) atoms. The van der Waals surface area contributed by atoms with E-state index in [1.54, 1.807) is 0 Å². The first-order valence-corrected chi connectivity index (χ1v) is 5.64. The molecule has 0 unspecified atom stereocenters. The van der Waals surface area contributed by atoms with Gasteiger partial charge in [-0.2, -0.15) is 0 Å². The maximum absolute atomic E-state index is 12.3. The van der Waals surface area contributed by atoms with Crippen LogP contribution in [0.25, 0.3) is 0 Å². The minimum atomic E-state index is -3.77.